The van der Waals surface area contributed by atoms with Crippen LogP contribution in [0.15, 0.2) is 28.9 Å². The highest BCUT2D eigenvalue weighted by atomic mass is 79.9. The van der Waals surface area contributed by atoms with Crippen LogP contribution >= 0.6 is 15.9 Å². The van der Waals surface area contributed by atoms with E-state index >= 15 is 0 Å². The van der Waals surface area contributed by atoms with Crippen LogP contribution in [0.4, 0.5) is 13.2 Å². The van der Waals surface area contributed by atoms with Crippen molar-refractivity contribution in [3.05, 3.63) is 40.0 Å². The van der Waals surface area contributed by atoms with E-state index in [9.17, 15) is 18.0 Å². The molecule has 1 N–H and O–H groups in total. The Morgan fingerprint density at radius 2 is 1.89 bits per heavy atom. The number of hydrogen-bond acceptors (Lipinski definition) is 2. The first kappa shape index (κ1) is 12.8. The molecule has 1 aromatic heterocycles. The number of pyridine rings is 1. The fourth-order valence-electron chi connectivity index (χ4n) is 1.67. The van der Waals surface area contributed by atoms with Gasteiger partial charge in [0.2, 0.25) is 0 Å². The zero-order valence-electron chi connectivity index (χ0n) is 8.62. The third-order valence-corrected chi connectivity index (χ3v) is 2.92. The molecule has 94 valence electrons. The van der Waals surface area contributed by atoms with Crippen molar-refractivity contribution in [2.24, 2.45) is 0 Å². The van der Waals surface area contributed by atoms with Crippen molar-refractivity contribution in [1.82, 2.24) is 4.98 Å². The van der Waals surface area contributed by atoms with E-state index in [-0.39, 0.29) is 15.5 Å². The van der Waals surface area contributed by atoms with Gasteiger partial charge in [0.25, 0.3) is 0 Å². The normalized spacial score (nSPS) is 11.8. The van der Waals surface area contributed by atoms with Crippen LogP contribution in [0.2, 0.25) is 0 Å². The van der Waals surface area contributed by atoms with Gasteiger partial charge in [-0.05, 0) is 22.0 Å². The van der Waals surface area contributed by atoms with Crippen LogP contribution in [0, 0.1) is 0 Å². The maximum Gasteiger partial charge on any atom is 0.418 e. The van der Waals surface area contributed by atoms with Gasteiger partial charge in [0.15, 0.2) is 0 Å². The summed E-state index contributed by atoms with van der Waals surface area (Å²) in [6.07, 6.45) is -4.77. The van der Waals surface area contributed by atoms with Crippen molar-refractivity contribution in [2.75, 3.05) is 0 Å². The van der Waals surface area contributed by atoms with Gasteiger partial charge in [-0.1, -0.05) is 18.2 Å². The van der Waals surface area contributed by atoms with Gasteiger partial charge in [-0.15, -0.1) is 0 Å². The monoisotopic (exact) mass is 319 g/mol. The average Bonchev–Trinajstić information content (AvgIpc) is 2.25. The second-order valence-electron chi connectivity index (χ2n) is 3.47. The molecule has 0 spiro atoms. The van der Waals surface area contributed by atoms with E-state index in [1.807, 2.05) is 0 Å². The smallest absolute Gasteiger partial charge is 0.418 e. The lowest BCUT2D eigenvalue weighted by atomic mass is 10.0. The molecule has 18 heavy (non-hydrogen) atoms. The van der Waals surface area contributed by atoms with Gasteiger partial charge in [-0.3, -0.25) is 0 Å². The lowest BCUT2D eigenvalue weighted by Crippen LogP contribution is -2.15. The minimum atomic E-state index is -4.77. The van der Waals surface area contributed by atoms with Gasteiger partial charge in [0.1, 0.15) is 10.2 Å². The van der Waals surface area contributed by atoms with E-state index in [0.29, 0.717) is 0 Å². The summed E-state index contributed by atoms with van der Waals surface area (Å²) in [6.45, 7) is 0. The molecule has 0 amide bonds. The maximum atomic E-state index is 13.0. The number of carboxylic acid groups (broad SMARTS) is 1. The predicted molar refractivity (Wildman–Crippen MR) is 61.4 cm³/mol. The number of nitrogens with zero attached hydrogens (tertiary/aromatic N) is 1. The quantitative estimate of drug-likeness (QED) is 0.815. The zero-order valence-corrected chi connectivity index (χ0v) is 10.2. The number of benzene rings is 1. The first-order chi connectivity index (χ1) is 8.32. The van der Waals surface area contributed by atoms with Crippen LogP contribution in [0.1, 0.15) is 15.9 Å². The van der Waals surface area contributed by atoms with Gasteiger partial charge in [-0.25, -0.2) is 9.78 Å². The Morgan fingerprint density at radius 1 is 1.28 bits per heavy atom. The summed E-state index contributed by atoms with van der Waals surface area (Å²) in [7, 11) is 0. The molecule has 3 nitrogen and oxygen atoms in total. The largest absolute Gasteiger partial charge is 0.478 e. The van der Waals surface area contributed by atoms with Crippen LogP contribution < -0.4 is 0 Å². The third-order valence-electron chi connectivity index (χ3n) is 2.35. The number of alkyl halides is 3. The minimum absolute atomic E-state index is 0.0849. The average molecular weight is 320 g/mol. The van der Waals surface area contributed by atoms with E-state index in [0.717, 1.165) is 0 Å². The Bertz CT molecular complexity index is 640. The van der Waals surface area contributed by atoms with Crippen molar-refractivity contribution in [1.29, 1.82) is 0 Å². The Morgan fingerprint density at radius 3 is 2.44 bits per heavy atom. The van der Waals surface area contributed by atoms with Crippen molar-refractivity contribution in [3.63, 3.8) is 0 Å². The highest BCUT2D eigenvalue weighted by molar-refractivity contribution is 9.10. The van der Waals surface area contributed by atoms with Crippen LogP contribution in [-0.2, 0) is 6.18 Å². The van der Waals surface area contributed by atoms with Gasteiger partial charge in [0.05, 0.1) is 11.1 Å². The lowest BCUT2D eigenvalue weighted by molar-refractivity contribution is -0.136. The Labute approximate surface area is 107 Å². The number of halogens is 4. The van der Waals surface area contributed by atoms with Gasteiger partial charge in [-0.2, -0.15) is 13.2 Å². The molecule has 0 unspecified atom stereocenters. The number of aromatic carboxylic acids is 1. The van der Waals surface area contributed by atoms with Gasteiger partial charge >= 0.3 is 12.1 Å². The number of carboxylic acids is 1. The number of aromatic nitrogens is 1. The van der Waals surface area contributed by atoms with Gasteiger partial charge < -0.3 is 5.11 Å². The Hall–Kier alpha value is -1.63. The molecule has 0 saturated heterocycles. The molecule has 0 aliphatic rings. The summed E-state index contributed by atoms with van der Waals surface area (Å²) in [6, 6.07) is 5.52. The number of hydrogen-bond donors (Lipinski definition) is 1. The van der Waals surface area contributed by atoms with E-state index in [2.05, 4.69) is 20.9 Å². The van der Waals surface area contributed by atoms with E-state index in [4.69, 9.17) is 5.11 Å². The summed E-state index contributed by atoms with van der Waals surface area (Å²) in [5.74, 6) is -1.67. The van der Waals surface area contributed by atoms with Crippen molar-refractivity contribution in [3.8, 4) is 0 Å². The lowest BCUT2D eigenvalue weighted by Gasteiger charge is -2.14. The summed E-state index contributed by atoms with van der Waals surface area (Å²) >= 11 is 2.77. The summed E-state index contributed by atoms with van der Waals surface area (Å²) in [4.78, 5) is 14.8. The van der Waals surface area contributed by atoms with Crippen molar-refractivity contribution < 1.29 is 23.1 Å². The SMILES string of the molecule is O=C(O)c1c(Br)nc2ccccc2c1C(F)(F)F. The molecule has 2 aromatic rings. The molecule has 0 aliphatic carbocycles. The molecule has 0 radical (unpaired) electrons. The number of rotatable bonds is 1. The molecule has 0 atom stereocenters. The van der Waals surface area contributed by atoms with Crippen molar-refractivity contribution >= 4 is 32.8 Å². The number of fused-ring (bicyclic) bond motifs is 1. The van der Waals surface area contributed by atoms with Crippen LogP contribution in [-0.4, -0.2) is 16.1 Å². The third kappa shape index (κ3) is 2.05. The second kappa shape index (κ2) is 4.24. The number of para-hydroxylation sites is 1. The predicted octanol–water partition coefficient (Wildman–Crippen LogP) is 3.71. The van der Waals surface area contributed by atoms with E-state index < -0.39 is 23.3 Å². The maximum absolute atomic E-state index is 13.0. The molecule has 2 rings (SSSR count). The topological polar surface area (TPSA) is 50.2 Å². The van der Waals surface area contributed by atoms with Crippen molar-refractivity contribution in [2.45, 2.75) is 6.18 Å². The fourth-order valence-corrected chi connectivity index (χ4v) is 2.23. The first-order valence-electron chi connectivity index (χ1n) is 4.71. The molecule has 1 aromatic carbocycles. The molecule has 0 fully saturated rings. The Kier molecular flexibility index (Phi) is 3.02. The molecule has 0 saturated carbocycles. The van der Waals surface area contributed by atoms with Gasteiger partial charge in [0, 0.05) is 5.39 Å². The van der Waals surface area contributed by atoms with E-state index in [1.165, 1.54) is 24.3 Å². The molecule has 0 bridgehead atoms. The van der Waals surface area contributed by atoms with Crippen LogP contribution in [0.5, 0.6) is 0 Å². The first-order valence-corrected chi connectivity index (χ1v) is 5.50. The highest BCUT2D eigenvalue weighted by Gasteiger charge is 2.39. The second-order valence-corrected chi connectivity index (χ2v) is 4.22. The molecule has 0 aliphatic heterocycles. The molecule has 1 heterocycles. The summed E-state index contributed by atoms with van der Waals surface area (Å²) in [5, 5.41) is 8.67. The minimum Gasteiger partial charge on any atom is -0.478 e. The standard InChI is InChI=1S/C11H5BrF3NO2/c12-9-7(10(17)18)8(11(13,14)15)5-3-1-2-4-6(5)16-9/h1-4H,(H,17,18). The Balaban J connectivity index is 2.99. The van der Waals surface area contributed by atoms with Crippen LogP contribution in [0.25, 0.3) is 10.9 Å². The van der Waals surface area contributed by atoms with Crippen LogP contribution in [0.3, 0.4) is 0 Å². The molecular weight excluding hydrogens is 315 g/mol. The van der Waals surface area contributed by atoms with E-state index in [1.54, 1.807) is 0 Å². The molecular formula is C11H5BrF3NO2. The summed E-state index contributed by atoms with van der Waals surface area (Å²) < 4.78 is 38.7. The highest BCUT2D eigenvalue weighted by Crippen LogP contribution is 2.39. The fraction of sp³-hybridized carbons (Fsp3) is 0.0909. The molecule has 7 heteroatoms. The zero-order chi connectivity index (χ0) is 13.5. The summed E-state index contributed by atoms with van der Waals surface area (Å²) in [5.41, 5.74) is -1.98. The number of carbonyl (C=O) groups is 1.